The maximum Gasteiger partial charge on any atom is 0.406 e. The maximum atomic E-state index is 10.8. The van der Waals surface area contributed by atoms with E-state index < -0.39 is 24.6 Å². The SMILES string of the molecule is O=S(=O)(O)C1(S(=O)(=O)O)N=[C]C=CC=N1. The Balaban J connectivity index is 3.61. The Labute approximate surface area is 85.6 Å². The van der Waals surface area contributed by atoms with Crippen LogP contribution < -0.4 is 0 Å². The quantitative estimate of drug-likeness (QED) is 0.604. The Hall–Kier alpha value is -1.10. The van der Waals surface area contributed by atoms with E-state index in [9.17, 15) is 16.8 Å². The number of nitrogens with zero attached hydrogens (tertiary/aromatic N) is 2. The van der Waals surface area contributed by atoms with E-state index in [1.165, 1.54) is 0 Å². The third-order valence-corrected chi connectivity index (χ3v) is 4.37. The first-order valence-corrected chi connectivity index (χ1v) is 6.20. The van der Waals surface area contributed by atoms with Crippen LogP contribution in [0.4, 0.5) is 0 Å². The van der Waals surface area contributed by atoms with Gasteiger partial charge in [0.2, 0.25) is 0 Å². The molecule has 0 atom stereocenters. The molecular formula is C5H5N2O6S2. The Morgan fingerprint density at radius 1 is 1.13 bits per heavy atom. The van der Waals surface area contributed by atoms with Gasteiger partial charge in [-0.3, -0.25) is 9.11 Å². The molecule has 1 rings (SSSR count). The summed E-state index contributed by atoms with van der Waals surface area (Å²) in [5.41, 5.74) is 0. The predicted molar refractivity (Wildman–Crippen MR) is 50.9 cm³/mol. The lowest BCUT2D eigenvalue weighted by Crippen LogP contribution is -2.42. The summed E-state index contributed by atoms with van der Waals surface area (Å²) in [4.78, 5) is 5.87. The smallest absolute Gasteiger partial charge is 0.281 e. The highest BCUT2D eigenvalue weighted by molar-refractivity contribution is 8.05. The highest BCUT2D eigenvalue weighted by atomic mass is 32.3. The molecule has 2 N–H and O–H groups in total. The van der Waals surface area contributed by atoms with E-state index in [4.69, 9.17) is 9.11 Å². The largest absolute Gasteiger partial charge is 0.406 e. The monoisotopic (exact) mass is 253 g/mol. The summed E-state index contributed by atoms with van der Waals surface area (Å²) in [7, 11) is -10.5. The lowest BCUT2D eigenvalue weighted by molar-refractivity contribution is 0.428. The van der Waals surface area contributed by atoms with Gasteiger partial charge in [0.15, 0.2) is 0 Å². The zero-order valence-electron chi connectivity index (χ0n) is 6.97. The van der Waals surface area contributed by atoms with Crippen LogP contribution in [0.1, 0.15) is 0 Å². The minimum atomic E-state index is -5.27. The van der Waals surface area contributed by atoms with Crippen LogP contribution in [0.15, 0.2) is 22.1 Å². The molecular weight excluding hydrogens is 248 g/mol. The molecule has 0 bridgehead atoms. The molecule has 0 saturated carbocycles. The van der Waals surface area contributed by atoms with E-state index in [0.717, 1.165) is 18.4 Å². The summed E-state index contributed by atoms with van der Waals surface area (Å²) >= 11 is 0. The van der Waals surface area contributed by atoms with E-state index in [-0.39, 0.29) is 0 Å². The first-order chi connectivity index (χ1) is 6.71. The Kier molecular flexibility index (Phi) is 2.78. The van der Waals surface area contributed by atoms with Crippen molar-refractivity contribution >= 4 is 32.7 Å². The Bertz CT molecular complexity index is 490. The van der Waals surface area contributed by atoms with Gasteiger partial charge in [0, 0.05) is 6.21 Å². The third-order valence-electron chi connectivity index (χ3n) is 1.37. The van der Waals surface area contributed by atoms with Gasteiger partial charge in [0.05, 0.1) is 6.21 Å². The molecule has 0 aromatic rings. The molecule has 1 aliphatic heterocycles. The van der Waals surface area contributed by atoms with E-state index in [1.54, 1.807) is 0 Å². The van der Waals surface area contributed by atoms with Crippen LogP contribution >= 0.6 is 0 Å². The lowest BCUT2D eigenvalue weighted by Gasteiger charge is -2.16. The van der Waals surface area contributed by atoms with Gasteiger partial charge in [-0.25, -0.2) is 9.98 Å². The van der Waals surface area contributed by atoms with Crippen molar-refractivity contribution in [2.75, 3.05) is 0 Å². The molecule has 0 aromatic carbocycles. The summed E-state index contributed by atoms with van der Waals surface area (Å²) < 4.78 is 57.4. The zero-order chi connectivity index (χ0) is 11.7. The van der Waals surface area contributed by atoms with Crippen molar-refractivity contribution in [1.82, 2.24) is 0 Å². The topological polar surface area (TPSA) is 133 Å². The van der Waals surface area contributed by atoms with Gasteiger partial charge in [-0.1, -0.05) is 0 Å². The average Bonchev–Trinajstić information content (AvgIpc) is 2.25. The number of hydrogen-bond acceptors (Lipinski definition) is 6. The van der Waals surface area contributed by atoms with Crippen LogP contribution in [0.3, 0.4) is 0 Å². The summed E-state index contributed by atoms with van der Waals surface area (Å²) in [5.74, 6) is 0. The van der Waals surface area contributed by atoms with Crippen molar-refractivity contribution in [3.63, 3.8) is 0 Å². The summed E-state index contributed by atoms with van der Waals surface area (Å²) in [6, 6.07) is 0. The maximum absolute atomic E-state index is 10.8. The number of hydrogen-bond donors (Lipinski definition) is 2. The molecule has 0 aromatic heterocycles. The molecule has 83 valence electrons. The van der Waals surface area contributed by atoms with Crippen molar-refractivity contribution in [2.45, 2.75) is 4.33 Å². The molecule has 8 nitrogen and oxygen atoms in total. The number of allylic oxidation sites excluding steroid dienone is 2. The second-order valence-electron chi connectivity index (χ2n) is 2.38. The molecule has 0 fully saturated rings. The summed E-state index contributed by atoms with van der Waals surface area (Å²) in [6.45, 7) is 0. The fourth-order valence-corrected chi connectivity index (χ4v) is 2.54. The first-order valence-electron chi connectivity index (χ1n) is 3.32. The Morgan fingerprint density at radius 2 is 1.67 bits per heavy atom. The summed E-state index contributed by atoms with van der Waals surface area (Å²) in [6.07, 6.45) is 4.83. The van der Waals surface area contributed by atoms with Crippen molar-refractivity contribution in [1.29, 1.82) is 0 Å². The minimum Gasteiger partial charge on any atom is -0.281 e. The molecule has 0 spiro atoms. The Morgan fingerprint density at radius 3 is 2.13 bits per heavy atom. The minimum absolute atomic E-state index is 0.755. The second kappa shape index (κ2) is 3.48. The van der Waals surface area contributed by atoms with Crippen LogP contribution in [0.2, 0.25) is 0 Å². The molecule has 10 heteroatoms. The van der Waals surface area contributed by atoms with Gasteiger partial charge in [0.25, 0.3) is 0 Å². The highest BCUT2D eigenvalue weighted by Gasteiger charge is 2.55. The van der Waals surface area contributed by atoms with E-state index in [1.807, 2.05) is 6.21 Å². The number of rotatable bonds is 2. The molecule has 0 amide bonds. The molecule has 0 saturated heterocycles. The summed E-state index contributed by atoms with van der Waals surface area (Å²) in [5, 5.41) is 0. The predicted octanol–water partition coefficient (Wildman–Crippen LogP) is -1.04. The first kappa shape index (κ1) is 12.0. The fourth-order valence-electron chi connectivity index (χ4n) is 0.753. The van der Waals surface area contributed by atoms with Gasteiger partial charge in [-0.2, -0.15) is 16.8 Å². The standard InChI is InChI=1S/C5H5N2O6S2/c8-14(9,10)5(15(11,12)13)6-3-1-2-4-7-5/h1-3H,(H,8,9,10)(H,11,12,13). The fraction of sp³-hybridized carbons (Fsp3) is 0.200. The molecule has 1 heterocycles. The van der Waals surface area contributed by atoms with Gasteiger partial charge in [-0.15, -0.1) is 0 Å². The lowest BCUT2D eigenvalue weighted by atomic mass is 10.5. The average molecular weight is 253 g/mol. The van der Waals surface area contributed by atoms with Gasteiger partial charge < -0.3 is 0 Å². The van der Waals surface area contributed by atoms with E-state index in [2.05, 4.69) is 9.98 Å². The second-order valence-corrected chi connectivity index (χ2v) is 5.67. The highest BCUT2D eigenvalue weighted by Crippen LogP contribution is 2.26. The van der Waals surface area contributed by atoms with Crippen molar-refractivity contribution in [3.8, 4) is 0 Å². The van der Waals surface area contributed by atoms with Gasteiger partial charge in [0.1, 0.15) is 0 Å². The van der Waals surface area contributed by atoms with Gasteiger partial charge in [-0.05, 0) is 12.2 Å². The number of aliphatic imine (C=N–C) groups is 2. The van der Waals surface area contributed by atoms with E-state index in [0.29, 0.717) is 0 Å². The third kappa shape index (κ3) is 1.97. The van der Waals surface area contributed by atoms with Gasteiger partial charge >= 0.3 is 24.6 Å². The molecule has 15 heavy (non-hydrogen) atoms. The van der Waals surface area contributed by atoms with Crippen molar-refractivity contribution < 1.29 is 25.9 Å². The van der Waals surface area contributed by atoms with Crippen LogP contribution in [0.25, 0.3) is 0 Å². The van der Waals surface area contributed by atoms with Crippen LogP contribution in [-0.2, 0) is 20.2 Å². The zero-order valence-corrected chi connectivity index (χ0v) is 8.60. The van der Waals surface area contributed by atoms with Crippen molar-refractivity contribution in [3.05, 3.63) is 12.2 Å². The van der Waals surface area contributed by atoms with Crippen LogP contribution in [-0.4, -0.2) is 42.7 Å². The molecule has 0 unspecified atom stereocenters. The molecule has 1 radical (unpaired) electrons. The van der Waals surface area contributed by atoms with Crippen molar-refractivity contribution in [2.24, 2.45) is 9.98 Å². The van der Waals surface area contributed by atoms with Crippen LogP contribution in [0.5, 0.6) is 0 Å². The van der Waals surface area contributed by atoms with E-state index >= 15 is 0 Å². The normalized spacial score (nSPS) is 20.1. The molecule has 1 aliphatic rings. The molecule has 0 aliphatic carbocycles. The van der Waals surface area contributed by atoms with Crippen LogP contribution in [0, 0.1) is 0 Å².